The molecular weight excluding hydrogens is 192 g/mol. The van der Waals surface area contributed by atoms with Gasteiger partial charge in [0, 0.05) is 18.3 Å². The van der Waals surface area contributed by atoms with E-state index in [0.29, 0.717) is 6.54 Å². The summed E-state index contributed by atoms with van der Waals surface area (Å²) in [6, 6.07) is 7.46. The van der Waals surface area contributed by atoms with Gasteiger partial charge in [-0.1, -0.05) is 18.2 Å². The molecule has 0 heterocycles. The highest BCUT2D eigenvalue weighted by Crippen LogP contribution is 2.12. The Bertz CT molecular complexity index is 339. The lowest BCUT2D eigenvalue weighted by atomic mass is 10.2. The normalized spacial score (nSPS) is 12.1. The van der Waals surface area contributed by atoms with Gasteiger partial charge in [-0.2, -0.15) is 0 Å². The maximum Gasteiger partial charge on any atom is 0.304 e. The number of carbonyl (C=O) groups is 1. The van der Waals surface area contributed by atoms with Gasteiger partial charge >= 0.3 is 5.97 Å². The molecule has 1 rings (SSSR count). The molecule has 0 saturated carbocycles. The number of nitrogens with two attached hydrogens (primary N) is 1. The zero-order valence-corrected chi connectivity index (χ0v) is 8.73. The maximum atomic E-state index is 10.4. The lowest BCUT2D eigenvalue weighted by Gasteiger charge is -2.13. The second-order valence-electron chi connectivity index (χ2n) is 3.55. The largest absolute Gasteiger partial charge is 0.481 e. The van der Waals surface area contributed by atoms with E-state index in [9.17, 15) is 4.79 Å². The lowest BCUT2D eigenvalue weighted by Crippen LogP contribution is -2.31. The van der Waals surface area contributed by atoms with Crippen LogP contribution in [0.2, 0.25) is 0 Å². The van der Waals surface area contributed by atoms with Crippen LogP contribution in [0.25, 0.3) is 0 Å². The summed E-state index contributed by atoms with van der Waals surface area (Å²) < 4.78 is 0. The molecule has 0 bridgehead atoms. The number of rotatable bonds is 5. The molecule has 4 N–H and O–H groups in total. The molecule has 82 valence electrons. The molecule has 1 atom stereocenters. The third kappa shape index (κ3) is 3.99. The fourth-order valence-electron chi connectivity index (χ4n) is 1.31. The Morgan fingerprint density at radius 2 is 2.20 bits per heavy atom. The van der Waals surface area contributed by atoms with E-state index in [2.05, 4.69) is 5.32 Å². The van der Waals surface area contributed by atoms with E-state index in [4.69, 9.17) is 10.8 Å². The third-order valence-corrected chi connectivity index (χ3v) is 2.14. The van der Waals surface area contributed by atoms with Crippen molar-refractivity contribution in [2.45, 2.75) is 19.4 Å². The van der Waals surface area contributed by atoms with E-state index < -0.39 is 5.97 Å². The number of para-hydroxylation sites is 1. The lowest BCUT2D eigenvalue weighted by molar-refractivity contribution is -0.137. The number of aryl methyl sites for hydroxylation is 1. The Hall–Kier alpha value is -1.55. The topological polar surface area (TPSA) is 75.3 Å². The van der Waals surface area contributed by atoms with Gasteiger partial charge in [0.05, 0.1) is 6.42 Å². The summed E-state index contributed by atoms with van der Waals surface area (Å²) in [7, 11) is 0. The van der Waals surface area contributed by atoms with Gasteiger partial charge in [0.1, 0.15) is 0 Å². The number of benzene rings is 1. The molecule has 4 nitrogen and oxygen atoms in total. The molecule has 0 aromatic heterocycles. The van der Waals surface area contributed by atoms with Crippen molar-refractivity contribution >= 4 is 11.7 Å². The first kappa shape index (κ1) is 11.5. The summed E-state index contributed by atoms with van der Waals surface area (Å²) in [6.45, 7) is 2.46. The molecule has 0 aliphatic heterocycles. The van der Waals surface area contributed by atoms with Gasteiger partial charge in [-0.05, 0) is 18.6 Å². The van der Waals surface area contributed by atoms with Crippen LogP contribution in [0.4, 0.5) is 5.69 Å². The van der Waals surface area contributed by atoms with E-state index in [0.717, 1.165) is 11.3 Å². The highest BCUT2D eigenvalue weighted by atomic mass is 16.4. The number of carboxylic acids is 1. The van der Waals surface area contributed by atoms with Gasteiger partial charge in [-0.15, -0.1) is 0 Å². The summed E-state index contributed by atoms with van der Waals surface area (Å²) in [4.78, 5) is 10.4. The molecule has 1 aromatic rings. The zero-order chi connectivity index (χ0) is 11.3. The van der Waals surface area contributed by atoms with Crippen LogP contribution >= 0.6 is 0 Å². The number of carboxylic acid groups (broad SMARTS) is 1. The average molecular weight is 208 g/mol. The average Bonchev–Trinajstić information content (AvgIpc) is 2.15. The van der Waals surface area contributed by atoms with Gasteiger partial charge in [0.25, 0.3) is 0 Å². The number of hydrogen-bond acceptors (Lipinski definition) is 3. The highest BCUT2D eigenvalue weighted by Gasteiger charge is 2.07. The van der Waals surface area contributed by atoms with E-state index >= 15 is 0 Å². The van der Waals surface area contributed by atoms with Crippen LogP contribution in [0.1, 0.15) is 12.0 Å². The van der Waals surface area contributed by atoms with Crippen molar-refractivity contribution in [3.05, 3.63) is 29.8 Å². The van der Waals surface area contributed by atoms with Crippen molar-refractivity contribution < 1.29 is 9.90 Å². The molecule has 0 aliphatic carbocycles. The molecule has 15 heavy (non-hydrogen) atoms. The number of anilines is 1. The summed E-state index contributed by atoms with van der Waals surface area (Å²) in [5.41, 5.74) is 7.75. The quantitative estimate of drug-likeness (QED) is 0.679. The minimum Gasteiger partial charge on any atom is -0.481 e. The molecule has 1 unspecified atom stereocenters. The molecule has 0 radical (unpaired) electrons. The number of aliphatic carboxylic acids is 1. The summed E-state index contributed by atoms with van der Waals surface area (Å²) in [5, 5.41) is 11.7. The van der Waals surface area contributed by atoms with Crippen LogP contribution in [0.5, 0.6) is 0 Å². The van der Waals surface area contributed by atoms with Gasteiger partial charge < -0.3 is 16.2 Å². The van der Waals surface area contributed by atoms with Crippen LogP contribution in [-0.4, -0.2) is 23.7 Å². The molecule has 4 heteroatoms. The van der Waals surface area contributed by atoms with Crippen LogP contribution < -0.4 is 11.1 Å². The Kier molecular flexibility index (Phi) is 4.12. The molecule has 0 aliphatic rings. The molecular formula is C11H16N2O2. The monoisotopic (exact) mass is 208 g/mol. The van der Waals surface area contributed by atoms with E-state index in [1.807, 2.05) is 31.2 Å². The van der Waals surface area contributed by atoms with Crippen LogP contribution in [0, 0.1) is 6.92 Å². The van der Waals surface area contributed by atoms with Crippen molar-refractivity contribution in [1.29, 1.82) is 0 Å². The molecule has 0 amide bonds. The van der Waals surface area contributed by atoms with Crippen LogP contribution in [-0.2, 0) is 4.79 Å². The zero-order valence-electron chi connectivity index (χ0n) is 8.73. The first-order valence-electron chi connectivity index (χ1n) is 4.86. The second-order valence-corrected chi connectivity index (χ2v) is 3.55. The van der Waals surface area contributed by atoms with E-state index in [1.54, 1.807) is 0 Å². The summed E-state index contributed by atoms with van der Waals surface area (Å²) in [6.07, 6.45) is -0.0150. The van der Waals surface area contributed by atoms with Crippen LogP contribution in [0.15, 0.2) is 24.3 Å². The van der Waals surface area contributed by atoms with Crippen LogP contribution in [0.3, 0.4) is 0 Å². The summed E-state index contributed by atoms with van der Waals surface area (Å²) >= 11 is 0. The first-order valence-corrected chi connectivity index (χ1v) is 4.86. The number of nitrogens with one attached hydrogen (secondary N) is 1. The predicted molar refractivity (Wildman–Crippen MR) is 59.9 cm³/mol. The number of hydrogen-bond donors (Lipinski definition) is 3. The van der Waals surface area contributed by atoms with Crippen molar-refractivity contribution in [3.8, 4) is 0 Å². The Morgan fingerprint density at radius 3 is 2.80 bits per heavy atom. The Balaban J connectivity index is 2.43. The highest BCUT2D eigenvalue weighted by molar-refractivity contribution is 5.67. The van der Waals surface area contributed by atoms with Gasteiger partial charge in [0.2, 0.25) is 0 Å². The maximum absolute atomic E-state index is 10.4. The molecule has 1 aromatic carbocycles. The first-order chi connectivity index (χ1) is 7.09. The minimum absolute atomic E-state index is 0.0150. The Morgan fingerprint density at radius 1 is 1.53 bits per heavy atom. The SMILES string of the molecule is Cc1ccccc1NCC(N)CC(=O)O. The fourth-order valence-corrected chi connectivity index (χ4v) is 1.31. The third-order valence-electron chi connectivity index (χ3n) is 2.14. The van der Waals surface area contributed by atoms with Crippen molar-refractivity contribution in [1.82, 2.24) is 0 Å². The standard InChI is InChI=1S/C11H16N2O2/c1-8-4-2-3-5-10(8)13-7-9(12)6-11(14)15/h2-5,9,13H,6-7,12H2,1H3,(H,14,15). The smallest absolute Gasteiger partial charge is 0.304 e. The van der Waals surface area contributed by atoms with Crippen molar-refractivity contribution in [2.75, 3.05) is 11.9 Å². The Labute approximate surface area is 89.1 Å². The van der Waals surface area contributed by atoms with Gasteiger partial charge in [-0.25, -0.2) is 0 Å². The van der Waals surface area contributed by atoms with E-state index in [1.165, 1.54) is 0 Å². The van der Waals surface area contributed by atoms with E-state index in [-0.39, 0.29) is 12.5 Å². The van der Waals surface area contributed by atoms with Crippen molar-refractivity contribution in [3.63, 3.8) is 0 Å². The molecule has 0 spiro atoms. The minimum atomic E-state index is -0.867. The van der Waals surface area contributed by atoms with Gasteiger partial charge in [-0.3, -0.25) is 4.79 Å². The predicted octanol–water partition coefficient (Wildman–Crippen LogP) is 1.21. The molecule has 0 fully saturated rings. The summed E-state index contributed by atoms with van der Waals surface area (Å²) in [5.74, 6) is -0.867. The van der Waals surface area contributed by atoms with Crippen molar-refractivity contribution in [2.24, 2.45) is 5.73 Å². The second kappa shape index (κ2) is 5.36. The fraction of sp³-hybridized carbons (Fsp3) is 0.364. The molecule has 0 saturated heterocycles. The van der Waals surface area contributed by atoms with Gasteiger partial charge in [0.15, 0.2) is 0 Å².